The highest BCUT2D eigenvalue weighted by Crippen LogP contribution is 2.48. The summed E-state index contributed by atoms with van der Waals surface area (Å²) in [5.41, 5.74) is 1.30. The third-order valence-electron chi connectivity index (χ3n) is 7.78. The summed E-state index contributed by atoms with van der Waals surface area (Å²) in [6.45, 7) is 8.58. The smallest absolute Gasteiger partial charge is 0.306 e. The number of benzene rings is 3. The molecule has 0 aliphatic heterocycles. The normalized spacial score (nSPS) is 13.0. The molecule has 1 aromatic heterocycles. The predicted octanol–water partition coefficient (Wildman–Crippen LogP) is 7.48. The summed E-state index contributed by atoms with van der Waals surface area (Å²) < 4.78 is 34.8. The van der Waals surface area contributed by atoms with Gasteiger partial charge in [-0.05, 0) is 68.7 Å². The monoisotopic (exact) mass is 689 g/mol. The molecule has 13 heteroatoms. The van der Waals surface area contributed by atoms with E-state index >= 15 is 0 Å². The van der Waals surface area contributed by atoms with Crippen LogP contribution in [0.2, 0.25) is 0 Å². The van der Waals surface area contributed by atoms with E-state index in [1.165, 1.54) is 17.1 Å². The number of nitriles is 1. The van der Waals surface area contributed by atoms with E-state index in [0.717, 1.165) is 16.7 Å². The Labute approximate surface area is 289 Å². The minimum atomic E-state index is -1.69. The van der Waals surface area contributed by atoms with Crippen LogP contribution in [-0.4, -0.2) is 65.0 Å². The van der Waals surface area contributed by atoms with Crippen LogP contribution in [0.1, 0.15) is 50.8 Å². The molecular weight excluding hydrogens is 645 g/mol. The molecule has 0 bridgehead atoms. The lowest BCUT2D eigenvalue weighted by Crippen LogP contribution is -2.39. The molecule has 3 aromatic carbocycles. The average molecular weight is 690 g/mol. The quantitative estimate of drug-likeness (QED) is 0.0321. The van der Waals surface area contributed by atoms with Crippen molar-refractivity contribution in [3.8, 4) is 17.6 Å². The molecule has 1 heterocycles. The number of methoxy groups -OCH3 is 2. The van der Waals surface area contributed by atoms with Gasteiger partial charge < -0.3 is 23.3 Å². The van der Waals surface area contributed by atoms with Crippen LogP contribution >= 0.6 is 8.53 Å². The minimum Gasteiger partial charge on any atom is -0.497 e. The standard InChI is InChI=1S/C36H44N5O7P/c1-27(2)40(28(3)4)49(47-22-10-21-37)48-35(25-39-24-32(23-38-39)41(42)43)26-46-36(29-11-8-7-9-12-29,30-13-17-33(44-5)18-14-30)31-15-19-34(45-6)20-16-31/h7-9,11-20,23-24,27-28,35H,10,22,25-26H2,1-6H3/t35-,49?/m0/s1. The zero-order chi connectivity index (χ0) is 35.4. The molecule has 0 fully saturated rings. The van der Waals surface area contributed by atoms with E-state index in [1.54, 1.807) is 14.2 Å². The van der Waals surface area contributed by atoms with Gasteiger partial charge >= 0.3 is 5.69 Å². The number of aromatic nitrogens is 2. The molecular formula is C36H44N5O7P. The summed E-state index contributed by atoms with van der Waals surface area (Å²) >= 11 is 0. The Morgan fingerprint density at radius 2 is 1.47 bits per heavy atom. The zero-order valence-electron chi connectivity index (χ0n) is 28.8. The van der Waals surface area contributed by atoms with Crippen molar-refractivity contribution in [2.24, 2.45) is 0 Å². The van der Waals surface area contributed by atoms with Crippen molar-refractivity contribution in [3.63, 3.8) is 0 Å². The van der Waals surface area contributed by atoms with E-state index in [-0.39, 0.29) is 44.0 Å². The maximum Gasteiger partial charge on any atom is 0.306 e. The van der Waals surface area contributed by atoms with Gasteiger partial charge in [-0.1, -0.05) is 54.6 Å². The van der Waals surface area contributed by atoms with Crippen molar-refractivity contribution in [2.75, 3.05) is 27.4 Å². The van der Waals surface area contributed by atoms with Gasteiger partial charge in [0.05, 0.1) is 51.4 Å². The highest BCUT2D eigenvalue weighted by molar-refractivity contribution is 7.44. The Morgan fingerprint density at radius 3 is 1.94 bits per heavy atom. The SMILES string of the molecule is COc1ccc(C(OC[C@H](Cn2cc([N+](=O)[O-])cn2)OP(OCCC#N)N(C(C)C)C(C)C)(c2ccccc2)c2ccc(OC)cc2)cc1. The van der Waals surface area contributed by atoms with Crippen LogP contribution in [0.25, 0.3) is 0 Å². The second-order valence-corrected chi connectivity index (χ2v) is 13.2. The van der Waals surface area contributed by atoms with Crippen molar-refractivity contribution < 1.29 is 28.2 Å². The molecule has 0 saturated heterocycles. The molecule has 4 aromatic rings. The fourth-order valence-electron chi connectivity index (χ4n) is 5.59. The molecule has 2 atom stereocenters. The topological polar surface area (TPSA) is 134 Å². The largest absolute Gasteiger partial charge is 0.497 e. The molecule has 0 spiro atoms. The average Bonchev–Trinajstić information content (AvgIpc) is 3.58. The van der Waals surface area contributed by atoms with Crippen molar-refractivity contribution >= 4 is 14.2 Å². The molecule has 4 rings (SSSR count). The second-order valence-electron chi connectivity index (χ2n) is 11.8. The van der Waals surface area contributed by atoms with Crippen LogP contribution in [-0.2, 0) is 25.9 Å². The lowest BCUT2D eigenvalue weighted by atomic mass is 9.80. The Morgan fingerprint density at radius 1 is 0.918 bits per heavy atom. The van der Waals surface area contributed by atoms with Gasteiger partial charge in [-0.3, -0.25) is 14.8 Å². The molecule has 49 heavy (non-hydrogen) atoms. The third-order valence-corrected chi connectivity index (χ3v) is 9.96. The van der Waals surface area contributed by atoms with E-state index in [4.69, 9.17) is 23.3 Å². The lowest BCUT2D eigenvalue weighted by molar-refractivity contribution is -0.385. The van der Waals surface area contributed by atoms with Crippen molar-refractivity contribution in [1.82, 2.24) is 14.5 Å². The highest BCUT2D eigenvalue weighted by atomic mass is 31.2. The first-order valence-electron chi connectivity index (χ1n) is 16.0. The van der Waals surface area contributed by atoms with E-state index < -0.39 is 25.2 Å². The fraction of sp³-hybridized carbons (Fsp3) is 0.389. The predicted molar refractivity (Wildman–Crippen MR) is 187 cm³/mol. The van der Waals surface area contributed by atoms with Gasteiger partial charge in [0.25, 0.3) is 8.53 Å². The van der Waals surface area contributed by atoms with Gasteiger partial charge in [-0.15, -0.1) is 0 Å². The van der Waals surface area contributed by atoms with Gasteiger partial charge in [0.2, 0.25) is 0 Å². The minimum absolute atomic E-state index is 0.0328. The van der Waals surface area contributed by atoms with Gasteiger partial charge in [0.15, 0.2) is 0 Å². The highest BCUT2D eigenvalue weighted by Gasteiger charge is 2.40. The van der Waals surface area contributed by atoms with Crippen molar-refractivity contribution in [1.29, 1.82) is 5.26 Å². The molecule has 0 aliphatic carbocycles. The van der Waals surface area contributed by atoms with Gasteiger partial charge in [0.1, 0.15) is 35.6 Å². The van der Waals surface area contributed by atoms with Gasteiger partial charge in [-0.2, -0.15) is 10.4 Å². The Balaban J connectivity index is 1.83. The summed E-state index contributed by atoms with van der Waals surface area (Å²) in [7, 11) is 1.56. The molecule has 12 nitrogen and oxygen atoms in total. The molecule has 0 saturated carbocycles. The maximum atomic E-state index is 11.5. The first kappa shape index (κ1) is 37.4. The molecule has 1 unspecified atom stereocenters. The Bertz CT molecular complexity index is 1590. The van der Waals surface area contributed by atoms with E-state index in [1.807, 2.05) is 78.9 Å². The number of rotatable bonds is 19. The van der Waals surface area contributed by atoms with Crippen LogP contribution < -0.4 is 9.47 Å². The van der Waals surface area contributed by atoms with Crippen LogP contribution in [0.5, 0.6) is 11.5 Å². The van der Waals surface area contributed by atoms with Crippen molar-refractivity contribution in [3.05, 3.63) is 118 Å². The summed E-state index contributed by atoms with van der Waals surface area (Å²) in [4.78, 5) is 11.0. The number of nitro groups is 1. The van der Waals surface area contributed by atoms with E-state index in [0.29, 0.717) is 11.5 Å². The van der Waals surface area contributed by atoms with E-state index in [9.17, 15) is 15.4 Å². The molecule has 0 aliphatic rings. The fourth-order valence-corrected chi connectivity index (χ4v) is 7.27. The van der Waals surface area contributed by atoms with Crippen LogP contribution in [0.3, 0.4) is 0 Å². The number of hydrogen-bond donors (Lipinski definition) is 0. The lowest BCUT2D eigenvalue weighted by Gasteiger charge is -2.39. The molecule has 260 valence electrons. The third kappa shape index (κ3) is 9.41. The summed E-state index contributed by atoms with van der Waals surface area (Å²) in [5, 5.41) is 25.0. The second kappa shape index (κ2) is 17.9. The molecule has 0 radical (unpaired) electrons. The zero-order valence-corrected chi connectivity index (χ0v) is 29.7. The van der Waals surface area contributed by atoms with E-state index in [2.05, 4.69) is 43.5 Å². The first-order valence-corrected chi connectivity index (χ1v) is 17.2. The van der Waals surface area contributed by atoms with Crippen molar-refractivity contribution in [2.45, 2.75) is 64.4 Å². The van der Waals surface area contributed by atoms with Gasteiger partial charge in [-0.25, -0.2) is 4.67 Å². The summed E-state index contributed by atoms with van der Waals surface area (Å²) in [6, 6.07) is 27.6. The summed E-state index contributed by atoms with van der Waals surface area (Å²) in [6.07, 6.45) is 2.09. The Hall–Kier alpha value is -4.37. The van der Waals surface area contributed by atoms with Crippen LogP contribution in [0.4, 0.5) is 5.69 Å². The van der Waals surface area contributed by atoms with Gasteiger partial charge in [0, 0.05) is 12.1 Å². The molecule has 0 N–H and O–H groups in total. The number of ether oxygens (including phenoxy) is 3. The number of hydrogen-bond acceptors (Lipinski definition) is 10. The Kier molecular flexibility index (Phi) is 13.6. The summed E-state index contributed by atoms with van der Waals surface area (Å²) in [5.74, 6) is 1.40. The number of nitrogens with zero attached hydrogens (tertiary/aromatic N) is 5. The first-order chi connectivity index (χ1) is 23.6. The maximum absolute atomic E-state index is 11.5. The molecule has 0 amide bonds. The van der Waals surface area contributed by atoms with Crippen LogP contribution in [0.15, 0.2) is 91.3 Å². The van der Waals surface area contributed by atoms with Crippen LogP contribution in [0, 0.1) is 21.4 Å².